The Balaban J connectivity index is 1.19. The number of phosphoric ester groups is 2. The zero-order chi connectivity index (χ0) is 33.4. The van der Waals surface area contributed by atoms with Crippen molar-refractivity contribution < 1.29 is 56.3 Å². The molecule has 0 amide bonds. The number of H-pyrrole nitrogens is 2. The van der Waals surface area contributed by atoms with Crippen molar-refractivity contribution in [1.29, 1.82) is 0 Å². The molecule has 24 nitrogen and oxygen atoms in total. The summed E-state index contributed by atoms with van der Waals surface area (Å²) >= 11 is 0. The molecule has 0 bridgehead atoms. The maximum atomic E-state index is 13.7. The predicted molar refractivity (Wildman–Crippen MR) is 151 cm³/mol. The number of fused-ring (bicyclic) bond motifs is 4. The lowest BCUT2D eigenvalue weighted by atomic mass is 10.1. The number of ether oxygens (including phenoxy) is 2. The molecule has 254 valence electrons. The topological polar surface area (TPSA) is 339 Å². The second kappa shape index (κ2) is 11.5. The molecule has 4 aromatic heterocycles. The number of nitrogen functional groups attached to an aromatic ring is 2. The van der Waals surface area contributed by atoms with Gasteiger partial charge in [-0.15, -0.1) is 0 Å². The Morgan fingerprint density at radius 3 is 1.81 bits per heavy atom. The second-order valence-corrected chi connectivity index (χ2v) is 13.6. The molecule has 0 spiro atoms. The van der Waals surface area contributed by atoms with Crippen molar-refractivity contribution in [1.82, 2.24) is 39.0 Å². The number of nitrogens with one attached hydrogen (secondary N) is 2. The van der Waals surface area contributed by atoms with Crippen LogP contribution < -0.4 is 22.6 Å². The first kappa shape index (κ1) is 31.9. The monoisotopic (exact) mass is 704 g/mol. The fraction of sp³-hybridized carbons (Fsp3) is 0.524. The van der Waals surface area contributed by atoms with Crippen molar-refractivity contribution in [3.63, 3.8) is 0 Å². The minimum atomic E-state index is -5.08. The Bertz CT molecular complexity index is 2070. The largest absolute Gasteiger partial charge is 0.475 e. The third-order valence-electron chi connectivity index (χ3n) is 7.60. The number of aromatic nitrogens is 8. The SMILES string of the molecule is COP1(=O)OCC2O[C@@H](n3cnc4c(=O)[nH]c(N)nc43)[C@H](O)[C@@H]2OP(=O)(O)OCC2O[C@@H](n3cnc4c(=O)[nH]c(N)nc43)[C@H](O)[C@@H]2O1. The number of imidazole rings is 2. The van der Waals surface area contributed by atoms with Crippen LogP contribution in [0.3, 0.4) is 0 Å². The number of rotatable bonds is 3. The molecule has 0 aromatic carbocycles. The lowest BCUT2D eigenvalue weighted by Crippen LogP contribution is -2.39. The first-order valence-electron chi connectivity index (χ1n) is 13.5. The minimum absolute atomic E-state index is 0.0856. The molecule has 9 N–H and O–H groups in total. The number of anilines is 2. The molecule has 4 unspecified atom stereocenters. The lowest BCUT2D eigenvalue weighted by molar-refractivity contribution is -0.0674. The highest BCUT2D eigenvalue weighted by Crippen LogP contribution is 2.55. The molecule has 0 saturated carbocycles. The van der Waals surface area contributed by atoms with E-state index in [1.165, 1.54) is 0 Å². The molecule has 3 saturated heterocycles. The lowest BCUT2D eigenvalue weighted by Gasteiger charge is -2.28. The van der Waals surface area contributed by atoms with Crippen LogP contribution in [-0.2, 0) is 41.2 Å². The van der Waals surface area contributed by atoms with Gasteiger partial charge in [-0.05, 0) is 0 Å². The molecule has 4 aromatic rings. The highest BCUT2D eigenvalue weighted by molar-refractivity contribution is 7.48. The average molecular weight is 704 g/mol. The third kappa shape index (κ3) is 5.56. The van der Waals surface area contributed by atoms with E-state index in [4.69, 9.17) is 43.6 Å². The summed E-state index contributed by atoms with van der Waals surface area (Å²) in [5, 5.41) is 22.5. The van der Waals surface area contributed by atoms with Crippen molar-refractivity contribution in [2.45, 2.75) is 49.1 Å². The van der Waals surface area contributed by atoms with Crippen molar-refractivity contribution in [2.75, 3.05) is 31.8 Å². The van der Waals surface area contributed by atoms with Gasteiger partial charge in [0, 0.05) is 7.11 Å². The van der Waals surface area contributed by atoms with Crippen LogP contribution in [0.15, 0.2) is 22.2 Å². The van der Waals surface area contributed by atoms with Crippen molar-refractivity contribution >= 4 is 49.9 Å². The number of hydrogen-bond acceptors (Lipinski definition) is 19. The van der Waals surface area contributed by atoms with Crippen LogP contribution in [0.25, 0.3) is 22.3 Å². The molecule has 47 heavy (non-hydrogen) atoms. The number of aliphatic hydroxyl groups excluding tert-OH is 2. The summed E-state index contributed by atoms with van der Waals surface area (Å²) in [4.78, 5) is 55.7. The van der Waals surface area contributed by atoms with E-state index in [0.29, 0.717) is 0 Å². The van der Waals surface area contributed by atoms with Gasteiger partial charge in [0.1, 0.15) is 36.6 Å². The van der Waals surface area contributed by atoms with Gasteiger partial charge >= 0.3 is 15.6 Å². The predicted octanol–water partition coefficient (Wildman–Crippen LogP) is -2.39. The number of hydrogen-bond donors (Lipinski definition) is 7. The molecule has 0 aliphatic carbocycles. The quantitative estimate of drug-likeness (QED) is 0.109. The van der Waals surface area contributed by atoms with E-state index in [-0.39, 0.29) is 34.2 Å². The van der Waals surface area contributed by atoms with Crippen LogP contribution in [0.1, 0.15) is 12.5 Å². The van der Waals surface area contributed by atoms with E-state index < -0.39 is 89.1 Å². The minimum Gasteiger partial charge on any atom is -0.386 e. The van der Waals surface area contributed by atoms with Gasteiger partial charge in [0.2, 0.25) is 11.9 Å². The Labute approximate surface area is 259 Å². The van der Waals surface area contributed by atoms with Gasteiger partial charge in [0.15, 0.2) is 34.8 Å². The van der Waals surface area contributed by atoms with Crippen molar-refractivity contribution in [3.8, 4) is 0 Å². The summed E-state index contributed by atoms with van der Waals surface area (Å²) in [7, 11) is -8.69. The van der Waals surface area contributed by atoms with Gasteiger partial charge in [-0.3, -0.25) is 51.3 Å². The summed E-state index contributed by atoms with van der Waals surface area (Å²) in [6.45, 7) is -1.55. The fourth-order valence-electron chi connectivity index (χ4n) is 5.48. The summed E-state index contributed by atoms with van der Waals surface area (Å²) in [6, 6.07) is 0. The van der Waals surface area contributed by atoms with Crippen LogP contribution in [0.4, 0.5) is 11.9 Å². The molecule has 0 radical (unpaired) electrons. The molecular formula is C21H26N10O14P2. The molecule has 3 fully saturated rings. The molecule has 10 atom stereocenters. The Hall–Kier alpha value is -3.64. The van der Waals surface area contributed by atoms with E-state index in [2.05, 4.69) is 29.9 Å². The highest BCUT2D eigenvalue weighted by Gasteiger charge is 2.54. The van der Waals surface area contributed by atoms with Crippen LogP contribution in [0.5, 0.6) is 0 Å². The molecule has 3 aliphatic heterocycles. The summed E-state index contributed by atoms with van der Waals surface area (Å²) < 4.78 is 67.4. The second-order valence-electron chi connectivity index (χ2n) is 10.5. The van der Waals surface area contributed by atoms with Gasteiger partial charge in [-0.25, -0.2) is 19.1 Å². The average Bonchev–Trinajstić information content (AvgIpc) is 3.76. The summed E-state index contributed by atoms with van der Waals surface area (Å²) in [5.41, 5.74) is 9.49. The number of nitrogens with zero attached hydrogens (tertiary/aromatic N) is 6. The summed E-state index contributed by atoms with van der Waals surface area (Å²) in [6.07, 6.45) is -10.2. The van der Waals surface area contributed by atoms with Crippen molar-refractivity contribution in [2.24, 2.45) is 0 Å². The third-order valence-corrected chi connectivity index (χ3v) is 10.00. The van der Waals surface area contributed by atoms with Gasteiger partial charge in [-0.1, -0.05) is 0 Å². The standard InChI is InChI=1S/C21H26N10O14P2/c1-39-47(38)41-3-7-12(10(32)18(43-7)30-4-24-8-14(30)26-20(22)28-16(8)34)44-46(36,37)40-2-6-13(45-47)11(33)19(42-6)31-5-25-9-15(31)27-21(23)29-17(9)35/h4-7,10-13,18-19,32-33H,2-3H2,1H3,(H,36,37)(H3,22,26,28,34)(H3,23,27,29,35)/t6?,7?,10-,11-,12-,13-,18-,19-,47?/m1/s1. The Morgan fingerprint density at radius 1 is 0.851 bits per heavy atom. The van der Waals surface area contributed by atoms with Gasteiger partial charge < -0.3 is 36.0 Å². The smallest absolute Gasteiger partial charge is 0.386 e. The van der Waals surface area contributed by atoms with Crippen molar-refractivity contribution in [3.05, 3.63) is 33.4 Å². The molecule has 7 rings (SSSR count). The maximum absolute atomic E-state index is 13.7. The first-order valence-corrected chi connectivity index (χ1v) is 16.5. The van der Waals surface area contributed by atoms with E-state index in [9.17, 15) is 33.8 Å². The fourth-order valence-corrected chi connectivity index (χ4v) is 7.58. The first-order chi connectivity index (χ1) is 22.3. The molecular weight excluding hydrogens is 678 g/mol. The van der Waals surface area contributed by atoms with E-state index in [0.717, 1.165) is 28.9 Å². The molecule has 3 aliphatic rings. The van der Waals surface area contributed by atoms with E-state index in [1.807, 2.05) is 0 Å². The van der Waals surface area contributed by atoms with Crippen LogP contribution in [-0.4, -0.2) is 111 Å². The van der Waals surface area contributed by atoms with Crippen LogP contribution in [0.2, 0.25) is 0 Å². The van der Waals surface area contributed by atoms with Crippen LogP contribution in [0, 0.1) is 0 Å². The number of phosphoric acid groups is 2. The summed E-state index contributed by atoms with van der Waals surface area (Å²) in [5.74, 6) is -0.521. The van der Waals surface area contributed by atoms with E-state index in [1.54, 1.807) is 0 Å². The number of aromatic amines is 2. The van der Waals surface area contributed by atoms with Gasteiger partial charge in [0.05, 0.1) is 25.9 Å². The maximum Gasteiger partial charge on any atom is 0.475 e. The van der Waals surface area contributed by atoms with Crippen LogP contribution >= 0.6 is 15.6 Å². The number of nitrogens with two attached hydrogens (primary N) is 2. The number of aliphatic hydroxyl groups is 2. The molecule has 7 heterocycles. The molecule has 26 heteroatoms. The zero-order valence-electron chi connectivity index (χ0n) is 23.8. The zero-order valence-corrected chi connectivity index (χ0v) is 25.5. The van der Waals surface area contributed by atoms with Gasteiger partial charge in [-0.2, -0.15) is 9.97 Å². The highest BCUT2D eigenvalue weighted by atomic mass is 31.2. The van der Waals surface area contributed by atoms with Gasteiger partial charge in [0.25, 0.3) is 11.1 Å². The normalized spacial score (nSPS) is 36.6. The Morgan fingerprint density at radius 2 is 1.32 bits per heavy atom. The van der Waals surface area contributed by atoms with E-state index >= 15 is 0 Å². The Kier molecular flexibility index (Phi) is 7.82.